The van der Waals surface area contributed by atoms with Crippen LogP contribution in [0.15, 0.2) is 0 Å². The van der Waals surface area contributed by atoms with Gasteiger partial charge in [-0.25, -0.2) is 0 Å². The lowest BCUT2D eigenvalue weighted by Crippen LogP contribution is -2.14. The lowest BCUT2D eigenvalue weighted by molar-refractivity contribution is 0.601. The molecule has 74 valence electrons. The molecule has 1 saturated carbocycles. The third kappa shape index (κ3) is 3.58. The predicted octanol–water partition coefficient (Wildman–Crippen LogP) is 2.01. The second-order valence-electron chi connectivity index (χ2n) is 4.19. The molecule has 1 atom stereocenters. The van der Waals surface area contributed by atoms with E-state index in [1.807, 2.05) is 11.8 Å². The van der Waals surface area contributed by atoms with Gasteiger partial charge >= 0.3 is 0 Å². The molecule has 1 aliphatic rings. The summed E-state index contributed by atoms with van der Waals surface area (Å²) in [5.41, 5.74) is 5.93. The van der Waals surface area contributed by atoms with Crippen LogP contribution < -0.4 is 5.73 Å². The van der Waals surface area contributed by atoms with Crippen LogP contribution in [0.1, 0.15) is 26.2 Å². The Hall–Kier alpha value is -0.200. The minimum atomic E-state index is 0.397. The molecule has 0 saturated heterocycles. The van der Waals surface area contributed by atoms with Gasteiger partial charge in [0, 0.05) is 6.42 Å². The van der Waals surface area contributed by atoms with E-state index < -0.39 is 0 Å². The van der Waals surface area contributed by atoms with Crippen LogP contribution in [0.5, 0.6) is 0 Å². The van der Waals surface area contributed by atoms with E-state index in [9.17, 15) is 0 Å². The van der Waals surface area contributed by atoms with Crippen molar-refractivity contribution in [3.8, 4) is 6.07 Å². The third-order valence-electron chi connectivity index (χ3n) is 2.62. The molecule has 0 radical (unpaired) electrons. The Labute approximate surface area is 84.9 Å². The topological polar surface area (TPSA) is 49.8 Å². The van der Waals surface area contributed by atoms with E-state index in [1.54, 1.807) is 0 Å². The quantitative estimate of drug-likeness (QED) is 0.710. The number of hydrogen-bond donors (Lipinski definition) is 1. The van der Waals surface area contributed by atoms with E-state index in [0.717, 1.165) is 24.5 Å². The molecule has 2 N–H and O–H groups in total. The largest absolute Gasteiger partial charge is 0.330 e. The minimum Gasteiger partial charge on any atom is -0.330 e. The van der Waals surface area contributed by atoms with Crippen molar-refractivity contribution in [1.82, 2.24) is 0 Å². The van der Waals surface area contributed by atoms with Crippen LogP contribution in [0.25, 0.3) is 0 Å². The van der Waals surface area contributed by atoms with Gasteiger partial charge in [0.1, 0.15) is 0 Å². The Balaban J connectivity index is 2.09. The normalized spacial score (nSPS) is 20.7. The van der Waals surface area contributed by atoms with Gasteiger partial charge in [0.15, 0.2) is 0 Å². The molecule has 3 heteroatoms. The third-order valence-corrected chi connectivity index (χ3v) is 4.25. The number of nitrogens with two attached hydrogens (primary N) is 1. The molecule has 0 aromatic rings. The molecule has 0 aliphatic heterocycles. The van der Waals surface area contributed by atoms with Crippen LogP contribution >= 0.6 is 11.8 Å². The first kappa shape index (κ1) is 10.9. The Morgan fingerprint density at radius 3 is 2.77 bits per heavy atom. The van der Waals surface area contributed by atoms with Crippen molar-refractivity contribution in [2.45, 2.75) is 26.2 Å². The second-order valence-corrected chi connectivity index (χ2v) is 5.22. The molecule has 0 bridgehead atoms. The molecule has 1 fully saturated rings. The first-order valence-corrected chi connectivity index (χ1v) is 6.03. The maximum atomic E-state index is 8.62. The van der Waals surface area contributed by atoms with Gasteiger partial charge in [-0.15, -0.1) is 0 Å². The van der Waals surface area contributed by atoms with Crippen LogP contribution in [-0.4, -0.2) is 18.1 Å². The average Bonchev–Trinajstić information content (AvgIpc) is 2.86. The molecule has 0 aromatic carbocycles. The zero-order valence-electron chi connectivity index (χ0n) is 8.25. The van der Waals surface area contributed by atoms with E-state index >= 15 is 0 Å². The van der Waals surface area contributed by atoms with Gasteiger partial charge in [-0.05, 0) is 42.2 Å². The summed E-state index contributed by atoms with van der Waals surface area (Å²) >= 11 is 1.96. The van der Waals surface area contributed by atoms with E-state index in [2.05, 4.69) is 13.0 Å². The number of thioether (sulfide) groups is 1. The smallest absolute Gasteiger partial charge is 0.0627 e. The van der Waals surface area contributed by atoms with Gasteiger partial charge in [0.25, 0.3) is 0 Å². The summed E-state index contributed by atoms with van der Waals surface area (Å²) in [6.45, 7) is 2.95. The van der Waals surface area contributed by atoms with Crippen molar-refractivity contribution in [3.63, 3.8) is 0 Å². The van der Waals surface area contributed by atoms with Crippen molar-refractivity contribution in [2.75, 3.05) is 18.1 Å². The highest BCUT2D eigenvalue weighted by Crippen LogP contribution is 2.50. The van der Waals surface area contributed by atoms with Crippen molar-refractivity contribution >= 4 is 11.8 Å². The van der Waals surface area contributed by atoms with Gasteiger partial charge in [-0.1, -0.05) is 6.92 Å². The Kier molecular flexibility index (Phi) is 4.08. The number of nitriles is 1. The zero-order chi connectivity index (χ0) is 9.73. The lowest BCUT2D eigenvalue weighted by Gasteiger charge is -2.12. The van der Waals surface area contributed by atoms with Gasteiger partial charge in [0.2, 0.25) is 0 Å². The molecule has 0 aromatic heterocycles. The van der Waals surface area contributed by atoms with Crippen molar-refractivity contribution in [2.24, 2.45) is 17.1 Å². The van der Waals surface area contributed by atoms with Crippen LogP contribution in [0.3, 0.4) is 0 Å². The molecular weight excluding hydrogens is 180 g/mol. The summed E-state index contributed by atoms with van der Waals surface area (Å²) in [7, 11) is 0. The molecular formula is C10H18N2S. The fourth-order valence-electron chi connectivity index (χ4n) is 1.26. The van der Waals surface area contributed by atoms with E-state index in [0.29, 0.717) is 11.3 Å². The van der Waals surface area contributed by atoms with E-state index in [-0.39, 0.29) is 0 Å². The zero-order valence-corrected chi connectivity index (χ0v) is 9.07. The molecule has 1 rings (SSSR count). The molecule has 0 amide bonds. The summed E-state index contributed by atoms with van der Waals surface area (Å²) in [5, 5.41) is 8.62. The van der Waals surface area contributed by atoms with Gasteiger partial charge < -0.3 is 5.73 Å². The van der Waals surface area contributed by atoms with Gasteiger partial charge in [-0.2, -0.15) is 17.0 Å². The molecule has 1 unspecified atom stereocenters. The van der Waals surface area contributed by atoms with Crippen molar-refractivity contribution in [3.05, 3.63) is 0 Å². The Morgan fingerprint density at radius 1 is 1.62 bits per heavy atom. The van der Waals surface area contributed by atoms with Crippen LogP contribution in [0.2, 0.25) is 0 Å². The number of rotatable bonds is 6. The highest BCUT2D eigenvalue weighted by atomic mass is 32.2. The van der Waals surface area contributed by atoms with Crippen LogP contribution in [-0.2, 0) is 0 Å². The Bertz CT molecular complexity index is 194. The predicted molar refractivity (Wildman–Crippen MR) is 57.4 cm³/mol. The van der Waals surface area contributed by atoms with Gasteiger partial charge in [0.05, 0.1) is 6.07 Å². The highest BCUT2D eigenvalue weighted by Gasteiger charge is 2.41. The van der Waals surface area contributed by atoms with Crippen molar-refractivity contribution in [1.29, 1.82) is 5.26 Å². The average molecular weight is 198 g/mol. The van der Waals surface area contributed by atoms with Crippen LogP contribution in [0.4, 0.5) is 0 Å². The lowest BCUT2D eigenvalue weighted by atomic mass is 10.1. The van der Waals surface area contributed by atoms with E-state index in [1.165, 1.54) is 12.8 Å². The fraction of sp³-hybridized carbons (Fsp3) is 0.900. The Morgan fingerprint density at radius 2 is 2.31 bits per heavy atom. The van der Waals surface area contributed by atoms with Crippen LogP contribution in [0, 0.1) is 22.7 Å². The second kappa shape index (κ2) is 4.88. The summed E-state index contributed by atoms with van der Waals surface area (Å²) in [4.78, 5) is 0. The highest BCUT2D eigenvalue weighted by molar-refractivity contribution is 7.99. The van der Waals surface area contributed by atoms with Crippen molar-refractivity contribution < 1.29 is 0 Å². The first-order chi connectivity index (χ1) is 6.22. The van der Waals surface area contributed by atoms with E-state index in [4.69, 9.17) is 11.0 Å². The summed E-state index contributed by atoms with van der Waals surface area (Å²) in [5.74, 6) is 2.91. The molecule has 1 aliphatic carbocycles. The molecule has 2 nitrogen and oxygen atoms in total. The van der Waals surface area contributed by atoms with Gasteiger partial charge in [-0.3, -0.25) is 0 Å². The monoisotopic (exact) mass is 198 g/mol. The fourth-order valence-corrected chi connectivity index (χ4v) is 2.74. The first-order valence-electron chi connectivity index (χ1n) is 4.87. The number of hydrogen-bond acceptors (Lipinski definition) is 3. The standard InChI is InChI=1S/C10H18N2S/c1-9(6-12)7-13-8-10(2-3-10)4-5-11/h9H,2-4,6-8,12H2,1H3. The molecule has 0 heterocycles. The summed E-state index contributed by atoms with van der Waals surface area (Å²) < 4.78 is 0. The molecule has 0 spiro atoms. The number of nitrogens with zero attached hydrogens (tertiary/aromatic N) is 1. The summed E-state index contributed by atoms with van der Waals surface area (Å²) in [6.07, 6.45) is 3.26. The minimum absolute atomic E-state index is 0.397. The summed E-state index contributed by atoms with van der Waals surface area (Å²) in [6, 6.07) is 2.28. The maximum Gasteiger partial charge on any atom is 0.0627 e. The maximum absolute atomic E-state index is 8.62. The SMILES string of the molecule is CC(CN)CSCC1(CC#N)CC1. The molecule has 13 heavy (non-hydrogen) atoms.